The Morgan fingerprint density at radius 1 is 1.19 bits per heavy atom. The first-order chi connectivity index (χ1) is 12.8. The highest BCUT2D eigenvalue weighted by Crippen LogP contribution is 2.28. The molecule has 2 heterocycles. The molecule has 2 aliphatic heterocycles. The molecule has 1 aromatic carbocycles. The Morgan fingerprint density at radius 3 is 2.52 bits per heavy atom. The number of rotatable bonds is 6. The van der Waals surface area contributed by atoms with Crippen LogP contribution in [-0.2, 0) is 16.1 Å². The summed E-state index contributed by atoms with van der Waals surface area (Å²) in [4.78, 5) is 49.4. The zero-order valence-corrected chi connectivity index (χ0v) is 14.2. The van der Waals surface area contributed by atoms with Crippen LogP contribution in [0.5, 0.6) is 0 Å². The summed E-state index contributed by atoms with van der Waals surface area (Å²) in [7, 11) is 0. The lowest BCUT2D eigenvalue weighted by atomic mass is 10.0. The zero-order chi connectivity index (χ0) is 19.7. The molecule has 0 saturated carbocycles. The number of hydrogen-bond acceptors (Lipinski definition) is 6. The van der Waals surface area contributed by atoms with Crippen LogP contribution >= 0.6 is 0 Å². The van der Waals surface area contributed by atoms with Gasteiger partial charge < -0.3 is 11.1 Å². The molecule has 2 unspecified atom stereocenters. The molecule has 144 valence electrons. The Morgan fingerprint density at radius 2 is 1.89 bits per heavy atom. The van der Waals surface area contributed by atoms with Crippen molar-refractivity contribution in [3.05, 3.63) is 34.9 Å². The van der Waals surface area contributed by atoms with E-state index in [1.165, 1.54) is 12.1 Å². The highest BCUT2D eigenvalue weighted by molar-refractivity contribution is 6.23. The molecule has 8 nitrogen and oxygen atoms in total. The van der Waals surface area contributed by atoms with E-state index in [9.17, 15) is 28.0 Å². The molecule has 0 aliphatic carbocycles. The number of piperidine rings is 1. The van der Waals surface area contributed by atoms with Gasteiger partial charge in [-0.3, -0.25) is 29.4 Å². The van der Waals surface area contributed by atoms with Crippen LogP contribution in [0.15, 0.2) is 18.2 Å². The number of nitrogens with zero attached hydrogens (tertiary/aromatic N) is 1. The summed E-state index contributed by atoms with van der Waals surface area (Å²) in [5.74, 6) is -2.40. The minimum absolute atomic E-state index is 0.0348. The normalized spacial score (nSPS) is 20.9. The maximum Gasteiger partial charge on any atom is 0.262 e. The summed E-state index contributed by atoms with van der Waals surface area (Å²) < 4.78 is 25.5. The smallest absolute Gasteiger partial charge is 0.262 e. The number of amides is 4. The van der Waals surface area contributed by atoms with Gasteiger partial charge in [0.05, 0.1) is 17.2 Å². The Labute approximate surface area is 153 Å². The second-order valence-electron chi connectivity index (χ2n) is 6.38. The van der Waals surface area contributed by atoms with Crippen LogP contribution in [0.2, 0.25) is 0 Å². The number of halogens is 2. The summed E-state index contributed by atoms with van der Waals surface area (Å²) in [6.45, 7) is -0.206. The van der Waals surface area contributed by atoms with E-state index in [0.717, 1.165) is 4.90 Å². The molecule has 2 aliphatic rings. The summed E-state index contributed by atoms with van der Waals surface area (Å²) in [5.41, 5.74) is 6.05. The van der Waals surface area contributed by atoms with E-state index in [-0.39, 0.29) is 37.1 Å². The van der Waals surface area contributed by atoms with Crippen LogP contribution in [0.4, 0.5) is 8.78 Å². The Kier molecular flexibility index (Phi) is 5.29. The predicted molar refractivity (Wildman–Crippen MR) is 88.8 cm³/mol. The fourth-order valence-electron chi connectivity index (χ4n) is 3.15. The van der Waals surface area contributed by atoms with Crippen molar-refractivity contribution in [1.29, 1.82) is 0 Å². The fourth-order valence-corrected chi connectivity index (χ4v) is 3.15. The number of fused-ring (bicyclic) bond motifs is 1. The van der Waals surface area contributed by atoms with Gasteiger partial charge in [-0.05, 0) is 24.1 Å². The average molecular weight is 380 g/mol. The molecule has 0 bridgehead atoms. The van der Waals surface area contributed by atoms with E-state index < -0.39 is 42.1 Å². The molecule has 1 saturated heterocycles. The van der Waals surface area contributed by atoms with E-state index in [4.69, 9.17) is 5.73 Å². The zero-order valence-electron chi connectivity index (χ0n) is 14.2. The lowest BCUT2D eigenvalue weighted by Crippen LogP contribution is -2.54. The van der Waals surface area contributed by atoms with E-state index in [1.807, 2.05) is 0 Å². The number of alkyl halides is 2. The molecule has 27 heavy (non-hydrogen) atoms. The van der Waals surface area contributed by atoms with Crippen LogP contribution in [0.3, 0.4) is 0 Å². The minimum Gasteiger partial charge on any atom is -0.329 e. The summed E-state index contributed by atoms with van der Waals surface area (Å²) in [6.07, 6.45) is -2.53. The molecule has 3 rings (SSSR count). The van der Waals surface area contributed by atoms with Crippen molar-refractivity contribution in [1.82, 2.24) is 15.5 Å². The molecule has 10 heteroatoms. The third kappa shape index (κ3) is 3.58. The lowest BCUT2D eigenvalue weighted by Gasteiger charge is -2.27. The maximum absolute atomic E-state index is 12.7. The van der Waals surface area contributed by atoms with Gasteiger partial charge in [-0.25, -0.2) is 8.78 Å². The standard InChI is InChI=1S/C17H18F2N4O4/c18-14(19)11(6-20)21-7-8-1-2-9-10(5-8)17(27)23(16(9)26)12-3-4-13(24)22-15(12)25/h1-2,5,11-12,14,21H,3-4,6-7,20H2,(H,22,24,25). The molecule has 0 radical (unpaired) electrons. The first-order valence-electron chi connectivity index (χ1n) is 8.39. The quantitative estimate of drug-likeness (QED) is 0.586. The van der Waals surface area contributed by atoms with Crippen molar-refractivity contribution >= 4 is 23.6 Å². The molecular weight excluding hydrogens is 362 g/mol. The van der Waals surface area contributed by atoms with Crippen molar-refractivity contribution in [2.45, 2.75) is 37.9 Å². The van der Waals surface area contributed by atoms with Crippen molar-refractivity contribution < 1.29 is 28.0 Å². The van der Waals surface area contributed by atoms with Crippen LogP contribution in [0.25, 0.3) is 0 Å². The highest BCUT2D eigenvalue weighted by Gasteiger charge is 2.44. The van der Waals surface area contributed by atoms with E-state index in [1.54, 1.807) is 6.07 Å². The Bertz CT molecular complexity index is 814. The first kappa shape index (κ1) is 19.1. The minimum atomic E-state index is -2.63. The summed E-state index contributed by atoms with van der Waals surface area (Å²) in [5, 5.41) is 4.72. The number of nitrogens with two attached hydrogens (primary N) is 1. The van der Waals surface area contributed by atoms with E-state index in [2.05, 4.69) is 10.6 Å². The third-order valence-corrected chi connectivity index (χ3v) is 4.63. The molecule has 4 amide bonds. The SMILES string of the molecule is NCC(NCc1ccc2c(c1)C(=O)N(C1CCC(=O)NC1=O)C2=O)C(F)F. The second kappa shape index (κ2) is 7.49. The Hall–Kier alpha value is -2.72. The monoisotopic (exact) mass is 380 g/mol. The lowest BCUT2D eigenvalue weighted by molar-refractivity contribution is -0.136. The van der Waals surface area contributed by atoms with Crippen molar-refractivity contribution in [2.75, 3.05) is 6.54 Å². The number of carbonyl (C=O) groups is 4. The molecule has 0 spiro atoms. The van der Waals surface area contributed by atoms with E-state index >= 15 is 0 Å². The Balaban J connectivity index is 1.78. The number of hydrogen-bond donors (Lipinski definition) is 3. The third-order valence-electron chi connectivity index (χ3n) is 4.63. The molecule has 0 aromatic heterocycles. The number of benzene rings is 1. The van der Waals surface area contributed by atoms with Gasteiger partial charge in [-0.1, -0.05) is 6.07 Å². The largest absolute Gasteiger partial charge is 0.329 e. The molecule has 1 fully saturated rings. The second-order valence-corrected chi connectivity index (χ2v) is 6.38. The fraction of sp³-hybridized carbons (Fsp3) is 0.412. The van der Waals surface area contributed by atoms with E-state index in [0.29, 0.717) is 5.56 Å². The first-order valence-corrected chi connectivity index (χ1v) is 8.39. The van der Waals surface area contributed by atoms with Gasteiger partial charge in [0.25, 0.3) is 18.2 Å². The topological polar surface area (TPSA) is 122 Å². The molecule has 1 aromatic rings. The summed E-state index contributed by atoms with van der Waals surface area (Å²) in [6, 6.07) is 2.18. The van der Waals surface area contributed by atoms with Crippen molar-refractivity contribution in [2.24, 2.45) is 5.73 Å². The highest BCUT2D eigenvalue weighted by atomic mass is 19.3. The average Bonchev–Trinajstić information content (AvgIpc) is 2.86. The van der Waals surface area contributed by atoms with Crippen molar-refractivity contribution in [3.8, 4) is 0 Å². The van der Waals surface area contributed by atoms with Crippen LogP contribution in [-0.4, -0.2) is 53.6 Å². The van der Waals surface area contributed by atoms with Crippen LogP contribution in [0, 0.1) is 0 Å². The molecule has 4 N–H and O–H groups in total. The predicted octanol–water partition coefficient (Wildman–Crippen LogP) is -0.230. The van der Waals surface area contributed by atoms with Gasteiger partial charge in [0, 0.05) is 19.5 Å². The number of imide groups is 2. The van der Waals surface area contributed by atoms with Crippen LogP contribution < -0.4 is 16.4 Å². The van der Waals surface area contributed by atoms with Gasteiger partial charge in [-0.15, -0.1) is 0 Å². The maximum atomic E-state index is 12.7. The summed E-state index contributed by atoms with van der Waals surface area (Å²) >= 11 is 0. The van der Waals surface area contributed by atoms with Gasteiger partial charge >= 0.3 is 0 Å². The van der Waals surface area contributed by atoms with Crippen LogP contribution in [0.1, 0.15) is 39.1 Å². The van der Waals surface area contributed by atoms with Gasteiger partial charge in [0.15, 0.2) is 0 Å². The van der Waals surface area contributed by atoms with Gasteiger partial charge in [0.1, 0.15) is 6.04 Å². The number of carbonyl (C=O) groups excluding carboxylic acids is 4. The van der Waals surface area contributed by atoms with Gasteiger partial charge in [0.2, 0.25) is 11.8 Å². The van der Waals surface area contributed by atoms with Gasteiger partial charge in [-0.2, -0.15) is 0 Å². The molecule has 2 atom stereocenters. The molecular formula is C17H18F2N4O4. The van der Waals surface area contributed by atoms with Crippen molar-refractivity contribution in [3.63, 3.8) is 0 Å². The number of nitrogens with one attached hydrogen (secondary N) is 2.